The molecule has 180 valence electrons. The second kappa shape index (κ2) is 12.3. The van der Waals surface area contributed by atoms with Crippen LogP contribution in [0.4, 0.5) is 8.78 Å². The number of benzene rings is 1. The van der Waals surface area contributed by atoms with Gasteiger partial charge in [-0.2, -0.15) is 8.78 Å². The molecular formula is C21H31F2IN4O4. The molecule has 11 heteroatoms. The average Bonchev–Trinajstić information content (AvgIpc) is 3.17. The van der Waals surface area contributed by atoms with Gasteiger partial charge in [-0.15, -0.1) is 24.0 Å². The molecule has 2 aliphatic rings. The van der Waals surface area contributed by atoms with Crippen LogP contribution in [0, 0.1) is 5.92 Å². The Morgan fingerprint density at radius 3 is 2.59 bits per heavy atom. The smallest absolute Gasteiger partial charge is 0.387 e. The summed E-state index contributed by atoms with van der Waals surface area (Å²) < 4.78 is 41.0. The third-order valence-corrected chi connectivity index (χ3v) is 5.52. The van der Waals surface area contributed by atoms with E-state index in [1.165, 1.54) is 17.4 Å². The Bertz CT molecular complexity index is 810. The first-order valence-corrected chi connectivity index (χ1v) is 10.5. The summed E-state index contributed by atoms with van der Waals surface area (Å²) in [7, 11) is 3.36. The van der Waals surface area contributed by atoms with Gasteiger partial charge in [0.25, 0.3) is 0 Å². The summed E-state index contributed by atoms with van der Waals surface area (Å²) in [6.07, 6.45) is 4.45. The quantitative estimate of drug-likeness (QED) is 0.299. The molecule has 3 rings (SSSR count). The van der Waals surface area contributed by atoms with Crippen molar-refractivity contribution < 1.29 is 27.8 Å². The number of likely N-dealkylation sites (N-methyl/N-ethyl adjacent to an activating group) is 1. The van der Waals surface area contributed by atoms with Gasteiger partial charge in [-0.3, -0.25) is 4.79 Å². The molecular weight excluding hydrogens is 537 g/mol. The first kappa shape index (κ1) is 26.2. The van der Waals surface area contributed by atoms with Crippen molar-refractivity contribution in [3.63, 3.8) is 0 Å². The van der Waals surface area contributed by atoms with E-state index < -0.39 is 6.61 Å². The highest BCUT2D eigenvalue weighted by molar-refractivity contribution is 14.0. The minimum absolute atomic E-state index is 0. The zero-order chi connectivity index (χ0) is 22.4. The fraction of sp³-hybridized carbons (Fsp3) is 0.619. The lowest BCUT2D eigenvalue weighted by Gasteiger charge is -2.31. The molecule has 1 amide bonds. The average molecular weight is 568 g/mol. The van der Waals surface area contributed by atoms with Gasteiger partial charge in [0, 0.05) is 31.8 Å². The summed E-state index contributed by atoms with van der Waals surface area (Å²) in [5.74, 6) is 1.61. The molecule has 2 unspecified atom stereocenters. The van der Waals surface area contributed by atoms with Crippen molar-refractivity contribution in [2.75, 3.05) is 27.4 Å². The summed E-state index contributed by atoms with van der Waals surface area (Å²) in [5.41, 5.74) is 0.432. The van der Waals surface area contributed by atoms with E-state index in [0.717, 1.165) is 19.3 Å². The van der Waals surface area contributed by atoms with Crippen molar-refractivity contribution in [3.8, 4) is 17.2 Å². The Balaban J connectivity index is 0.00000363. The van der Waals surface area contributed by atoms with Crippen molar-refractivity contribution in [2.45, 2.75) is 51.8 Å². The van der Waals surface area contributed by atoms with Crippen LogP contribution in [0.2, 0.25) is 0 Å². The highest BCUT2D eigenvalue weighted by Crippen LogP contribution is 2.39. The van der Waals surface area contributed by atoms with Gasteiger partial charge in [0.2, 0.25) is 12.7 Å². The first-order chi connectivity index (χ1) is 14.8. The van der Waals surface area contributed by atoms with Crippen LogP contribution < -0.4 is 24.8 Å². The van der Waals surface area contributed by atoms with Crippen LogP contribution in [0.1, 0.15) is 38.2 Å². The Morgan fingerprint density at radius 2 is 1.94 bits per heavy atom. The lowest BCUT2D eigenvalue weighted by Crippen LogP contribution is -2.49. The van der Waals surface area contributed by atoms with E-state index in [1.54, 1.807) is 20.2 Å². The number of hydrogen-bond donors (Lipinski definition) is 2. The number of halogens is 3. The molecule has 1 saturated carbocycles. The molecule has 2 atom stereocenters. The minimum atomic E-state index is -2.97. The van der Waals surface area contributed by atoms with Crippen molar-refractivity contribution in [3.05, 3.63) is 17.7 Å². The third kappa shape index (κ3) is 7.24. The van der Waals surface area contributed by atoms with E-state index >= 15 is 0 Å². The topological polar surface area (TPSA) is 84.4 Å². The molecule has 0 spiro atoms. The fourth-order valence-corrected chi connectivity index (χ4v) is 3.64. The van der Waals surface area contributed by atoms with Crippen LogP contribution in [0.25, 0.3) is 0 Å². The van der Waals surface area contributed by atoms with Crippen molar-refractivity contribution >= 4 is 35.8 Å². The molecule has 0 radical (unpaired) electrons. The molecule has 0 saturated heterocycles. The number of nitrogens with zero attached hydrogens (tertiary/aromatic N) is 2. The number of alkyl halides is 2. The zero-order valence-electron chi connectivity index (χ0n) is 18.5. The molecule has 1 aliphatic heterocycles. The van der Waals surface area contributed by atoms with Gasteiger partial charge in [-0.05, 0) is 24.8 Å². The van der Waals surface area contributed by atoms with Gasteiger partial charge in [-0.25, -0.2) is 4.99 Å². The van der Waals surface area contributed by atoms with Crippen molar-refractivity contribution in [1.29, 1.82) is 0 Å². The number of carbonyl (C=O) groups is 1. The molecule has 0 aromatic heterocycles. The highest BCUT2D eigenvalue weighted by atomic mass is 127. The van der Waals surface area contributed by atoms with E-state index in [2.05, 4.69) is 27.3 Å². The van der Waals surface area contributed by atoms with Gasteiger partial charge >= 0.3 is 6.61 Å². The van der Waals surface area contributed by atoms with E-state index in [9.17, 15) is 13.6 Å². The number of rotatable bonds is 7. The van der Waals surface area contributed by atoms with Crippen LogP contribution in [0.15, 0.2) is 17.1 Å². The molecule has 0 bridgehead atoms. The lowest BCUT2D eigenvalue weighted by molar-refractivity contribution is -0.127. The largest absolute Gasteiger partial charge is 0.454 e. The van der Waals surface area contributed by atoms with Crippen LogP contribution in [0.3, 0.4) is 0 Å². The normalized spacial score (nSPS) is 19.9. The number of carbonyl (C=O) groups excluding carboxylic acids is 1. The monoisotopic (exact) mass is 568 g/mol. The number of hydrogen-bond acceptors (Lipinski definition) is 5. The Morgan fingerprint density at radius 1 is 1.25 bits per heavy atom. The van der Waals surface area contributed by atoms with Gasteiger partial charge in [-0.1, -0.05) is 19.8 Å². The van der Waals surface area contributed by atoms with Crippen molar-refractivity contribution in [1.82, 2.24) is 15.5 Å². The van der Waals surface area contributed by atoms with Gasteiger partial charge < -0.3 is 29.7 Å². The number of ether oxygens (including phenoxy) is 3. The van der Waals surface area contributed by atoms with Gasteiger partial charge in [0.05, 0.1) is 13.1 Å². The summed E-state index contributed by atoms with van der Waals surface area (Å²) in [6, 6.07) is 3.21. The second-order valence-corrected chi connectivity index (χ2v) is 8.01. The maximum atomic E-state index is 12.9. The second-order valence-electron chi connectivity index (χ2n) is 8.01. The standard InChI is InChI=1S/C21H30F2N4O4.HI/c1-13-6-4-5-7-15(13)26-21(25-11-19(28)27(2)3)24-10-14-8-17-18(30-12-29-17)9-16(14)31-20(22)23;/h8-9,13,15,20H,4-7,10-12H2,1-3H3,(H2,24,25,26);1H. The number of fused-ring (bicyclic) bond motifs is 1. The summed E-state index contributed by atoms with van der Waals surface area (Å²) >= 11 is 0. The highest BCUT2D eigenvalue weighted by Gasteiger charge is 2.23. The number of nitrogens with one attached hydrogen (secondary N) is 2. The third-order valence-electron chi connectivity index (χ3n) is 5.52. The summed E-state index contributed by atoms with van der Waals surface area (Å²) in [4.78, 5) is 18.1. The van der Waals surface area contributed by atoms with Crippen LogP contribution >= 0.6 is 24.0 Å². The zero-order valence-corrected chi connectivity index (χ0v) is 20.9. The molecule has 1 aromatic rings. The van der Waals surface area contributed by atoms with Crippen LogP contribution in [-0.2, 0) is 11.3 Å². The molecule has 1 fully saturated rings. The Labute approximate surface area is 204 Å². The SMILES string of the molecule is CC1CCCCC1NC(=NCc1cc2c(cc1OC(F)F)OCO2)NCC(=O)N(C)C.I. The molecule has 32 heavy (non-hydrogen) atoms. The number of aliphatic imine (C=N–C) groups is 1. The predicted molar refractivity (Wildman–Crippen MR) is 127 cm³/mol. The molecule has 1 aromatic carbocycles. The van der Waals surface area contributed by atoms with Crippen molar-refractivity contribution in [2.24, 2.45) is 10.9 Å². The predicted octanol–water partition coefficient (Wildman–Crippen LogP) is 3.34. The fourth-order valence-electron chi connectivity index (χ4n) is 3.64. The molecule has 8 nitrogen and oxygen atoms in total. The minimum Gasteiger partial charge on any atom is -0.454 e. The van der Waals surface area contributed by atoms with Gasteiger partial charge in [0.15, 0.2) is 17.5 Å². The molecule has 1 heterocycles. The summed E-state index contributed by atoms with van der Waals surface area (Å²) in [5, 5.41) is 6.46. The number of amides is 1. The Kier molecular flexibility index (Phi) is 10.0. The van der Waals surface area contributed by atoms with Crippen LogP contribution in [-0.4, -0.2) is 56.9 Å². The molecule has 2 N–H and O–H groups in total. The van der Waals surface area contributed by atoms with E-state index in [4.69, 9.17) is 9.47 Å². The Hall–Kier alpha value is -2.05. The van der Waals surface area contributed by atoms with Gasteiger partial charge in [0.1, 0.15) is 5.75 Å². The lowest BCUT2D eigenvalue weighted by atomic mass is 9.86. The van der Waals surface area contributed by atoms with E-state index in [0.29, 0.717) is 28.9 Å². The maximum absolute atomic E-state index is 12.9. The summed E-state index contributed by atoms with van der Waals surface area (Å²) in [6.45, 7) is -0.630. The maximum Gasteiger partial charge on any atom is 0.387 e. The van der Waals surface area contributed by atoms with Crippen LogP contribution in [0.5, 0.6) is 17.2 Å². The van der Waals surface area contributed by atoms with E-state index in [-0.39, 0.29) is 61.6 Å². The first-order valence-electron chi connectivity index (χ1n) is 10.5. The molecule has 1 aliphatic carbocycles. The van der Waals surface area contributed by atoms with E-state index in [1.807, 2.05) is 0 Å². The number of guanidine groups is 1.